The number of esters is 1. The predicted molar refractivity (Wildman–Crippen MR) is 71.4 cm³/mol. The Morgan fingerprint density at radius 1 is 1.16 bits per heavy atom. The molecule has 1 heterocycles. The van der Waals surface area contributed by atoms with Crippen LogP contribution in [0.3, 0.4) is 0 Å². The van der Waals surface area contributed by atoms with Crippen molar-refractivity contribution in [3.05, 3.63) is 59.5 Å². The molecule has 19 heavy (non-hydrogen) atoms. The van der Waals surface area contributed by atoms with Crippen LogP contribution < -0.4 is 5.32 Å². The average Bonchev–Trinajstić information content (AvgIpc) is 2.94. The molecule has 0 spiro atoms. The Morgan fingerprint density at radius 3 is 2.63 bits per heavy atom. The number of hydrogen-bond acceptors (Lipinski definition) is 4. The van der Waals surface area contributed by atoms with Crippen molar-refractivity contribution < 1.29 is 13.9 Å². The largest absolute Gasteiger partial charge is 0.469 e. The molecule has 1 aromatic carbocycles. The summed E-state index contributed by atoms with van der Waals surface area (Å²) in [6.45, 7) is 1.35. The smallest absolute Gasteiger partial charge is 0.309 e. The SMILES string of the molecule is COC(=O)Cc1ccccc1CNCc1ccco1. The van der Waals surface area contributed by atoms with Gasteiger partial charge < -0.3 is 14.5 Å². The molecular weight excluding hydrogens is 242 g/mol. The molecular formula is C15H17NO3. The van der Waals surface area contributed by atoms with E-state index in [1.54, 1.807) is 6.26 Å². The van der Waals surface area contributed by atoms with Gasteiger partial charge >= 0.3 is 5.97 Å². The van der Waals surface area contributed by atoms with E-state index in [9.17, 15) is 4.79 Å². The first kappa shape index (κ1) is 13.4. The third kappa shape index (κ3) is 3.96. The summed E-state index contributed by atoms with van der Waals surface area (Å²) in [5.74, 6) is 0.670. The number of carbonyl (C=O) groups is 1. The van der Waals surface area contributed by atoms with Gasteiger partial charge in [0.15, 0.2) is 0 Å². The zero-order chi connectivity index (χ0) is 13.5. The normalized spacial score (nSPS) is 10.4. The van der Waals surface area contributed by atoms with Crippen molar-refractivity contribution >= 4 is 5.97 Å². The van der Waals surface area contributed by atoms with Gasteiger partial charge in [-0.05, 0) is 23.3 Å². The first-order valence-electron chi connectivity index (χ1n) is 6.16. The zero-order valence-electron chi connectivity index (χ0n) is 10.9. The van der Waals surface area contributed by atoms with Crippen LogP contribution in [0.1, 0.15) is 16.9 Å². The molecule has 0 aliphatic heterocycles. The summed E-state index contributed by atoms with van der Waals surface area (Å²) in [6.07, 6.45) is 1.96. The lowest BCUT2D eigenvalue weighted by atomic mass is 10.0. The van der Waals surface area contributed by atoms with Gasteiger partial charge in [0.2, 0.25) is 0 Å². The fourth-order valence-electron chi connectivity index (χ4n) is 1.86. The molecule has 0 aliphatic carbocycles. The van der Waals surface area contributed by atoms with E-state index < -0.39 is 0 Å². The van der Waals surface area contributed by atoms with Crippen molar-refractivity contribution in [3.8, 4) is 0 Å². The Hall–Kier alpha value is -2.07. The van der Waals surface area contributed by atoms with Crippen LogP contribution in [0.15, 0.2) is 47.1 Å². The second kappa shape index (κ2) is 6.75. The highest BCUT2D eigenvalue weighted by molar-refractivity contribution is 5.72. The molecule has 2 aromatic rings. The van der Waals surface area contributed by atoms with Crippen molar-refractivity contribution in [2.24, 2.45) is 0 Å². The summed E-state index contributed by atoms with van der Waals surface area (Å²) >= 11 is 0. The number of carbonyl (C=O) groups excluding carboxylic acids is 1. The summed E-state index contributed by atoms with van der Waals surface area (Å²) in [4.78, 5) is 11.3. The molecule has 1 aromatic heterocycles. The van der Waals surface area contributed by atoms with Crippen molar-refractivity contribution in [2.75, 3.05) is 7.11 Å². The quantitative estimate of drug-likeness (QED) is 0.809. The van der Waals surface area contributed by atoms with Crippen LogP contribution in [-0.4, -0.2) is 13.1 Å². The van der Waals surface area contributed by atoms with Crippen LogP contribution >= 0.6 is 0 Å². The number of ether oxygens (including phenoxy) is 1. The van der Waals surface area contributed by atoms with Crippen molar-refractivity contribution in [3.63, 3.8) is 0 Å². The highest BCUT2D eigenvalue weighted by atomic mass is 16.5. The maximum Gasteiger partial charge on any atom is 0.309 e. The third-order valence-electron chi connectivity index (χ3n) is 2.88. The molecule has 4 heteroatoms. The first-order chi connectivity index (χ1) is 9.29. The zero-order valence-corrected chi connectivity index (χ0v) is 10.9. The lowest BCUT2D eigenvalue weighted by Crippen LogP contribution is -2.15. The Morgan fingerprint density at radius 2 is 1.95 bits per heavy atom. The van der Waals surface area contributed by atoms with Crippen molar-refractivity contribution in [1.82, 2.24) is 5.32 Å². The molecule has 1 N–H and O–H groups in total. The molecule has 0 saturated carbocycles. The van der Waals surface area contributed by atoms with Gasteiger partial charge in [-0.3, -0.25) is 4.79 Å². The Labute approximate surface area is 112 Å². The molecule has 4 nitrogen and oxygen atoms in total. The molecule has 100 valence electrons. The van der Waals surface area contributed by atoms with E-state index in [4.69, 9.17) is 9.15 Å². The minimum Gasteiger partial charge on any atom is -0.469 e. The van der Waals surface area contributed by atoms with E-state index in [1.165, 1.54) is 7.11 Å². The second-order valence-electron chi connectivity index (χ2n) is 4.20. The Kier molecular flexibility index (Phi) is 4.75. The summed E-state index contributed by atoms with van der Waals surface area (Å²) in [5.41, 5.74) is 2.08. The first-order valence-corrected chi connectivity index (χ1v) is 6.16. The minimum absolute atomic E-state index is 0.224. The van der Waals surface area contributed by atoms with Gasteiger partial charge in [-0.25, -0.2) is 0 Å². The van der Waals surface area contributed by atoms with Gasteiger partial charge in [0.1, 0.15) is 5.76 Å². The standard InChI is InChI=1S/C15H17NO3/c1-18-15(17)9-12-5-2-3-6-13(12)10-16-11-14-7-4-8-19-14/h2-8,16H,9-11H2,1H3. The number of nitrogens with one attached hydrogen (secondary N) is 1. The van der Waals surface area contributed by atoms with Crippen molar-refractivity contribution in [2.45, 2.75) is 19.5 Å². The van der Waals surface area contributed by atoms with Crippen molar-refractivity contribution in [1.29, 1.82) is 0 Å². The van der Waals surface area contributed by atoms with E-state index >= 15 is 0 Å². The van der Waals surface area contributed by atoms with Gasteiger partial charge in [-0.15, -0.1) is 0 Å². The second-order valence-corrected chi connectivity index (χ2v) is 4.20. The lowest BCUT2D eigenvalue weighted by Gasteiger charge is -2.09. The average molecular weight is 259 g/mol. The van der Waals surface area contributed by atoms with Gasteiger partial charge in [0.05, 0.1) is 26.3 Å². The molecule has 0 bridgehead atoms. The summed E-state index contributed by atoms with van der Waals surface area (Å²) < 4.78 is 9.95. The fraction of sp³-hybridized carbons (Fsp3) is 0.267. The molecule has 0 saturated heterocycles. The molecule has 0 radical (unpaired) electrons. The van der Waals surface area contributed by atoms with E-state index in [-0.39, 0.29) is 5.97 Å². The molecule has 0 aliphatic rings. The van der Waals surface area contributed by atoms with E-state index in [2.05, 4.69) is 5.32 Å². The van der Waals surface area contributed by atoms with Crippen LogP contribution in [0, 0.1) is 0 Å². The molecule has 0 unspecified atom stereocenters. The van der Waals surface area contributed by atoms with Gasteiger partial charge in [-0.1, -0.05) is 24.3 Å². The number of benzene rings is 1. The van der Waals surface area contributed by atoms with Gasteiger partial charge in [0, 0.05) is 6.54 Å². The number of rotatable bonds is 6. The van der Waals surface area contributed by atoms with Crippen LogP contribution in [0.4, 0.5) is 0 Å². The monoisotopic (exact) mass is 259 g/mol. The maximum absolute atomic E-state index is 11.3. The number of methoxy groups -OCH3 is 1. The van der Waals surface area contributed by atoms with Gasteiger partial charge in [-0.2, -0.15) is 0 Å². The third-order valence-corrected chi connectivity index (χ3v) is 2.88. The fourth-order valence-corrected chi connectivity index (χ4v) is 1.86. The van der Waals surface area contributed by atoms with E-state index in [0.717, 1.165) is 16.9 Å². The molecule has 0 atom stereocenters. The number of furan rings is 1. The van der Waals surface area contributed by atoms with Gasteiger partial charge in [0.25, 0.3) is 0 Å². The highest BCUT2D eigenvalue weighted by Crippen LogP contribution is 2.10. The highest BCUT2D eigenvalue weighted by Gasteiger charge is 2.07. The molecule has 0 amide bonds. The summed E-state index contributed by atoms with van der Waals surface area (Å²) in [7, 11) is 1.40. The minimum atomic E-state index is -0.224. The molecule has 0 fully saturated rings. The summed E-state index contributed by atoms with van der Waals surface area (Å²) in [6, 6.07) is 11.6. The Bertz CT molecular complexity index is 520. The predicted octanol–water partition coefficient (Wildman–Crippen LogP) is 2.28. The van der Waals surface area contributed by atoms with E-state index in [1.807, 2.05) is 36.4 Å². The summed E-state index contributed by atoms with van der Waals surface area (Å²) in [5, 5.41) is 3.29. The van der Waals surface area contributed by atoms with Crippen LogP contribution in [-0.2, 0) is 29.0 Å². The Balaban J connectivity index is 1.93. The number of hydrogen-bond donors (Lipinski definition) is 1. The maximum atomic E-state index is 11.3. The topological polar surface area (TPSA) is 51.5 Å². The van der Waals surface area contributed by atoms with Crippen LogP contribution in [0.25, 0.3) is 0 Å². The molecule has 2 rings (SSSR count). The van der Waals surface area contributed by atoms with Crippen LogP contribution in [0.5, 0.6) is 0 Å². The van der Waals surface area contributed by atoms with Crippen LogP contribution in [0.2, 0.25) is 0 Å². The van der Waals surface area contributed by atoms with E-state index in [0.29, 0.717) is 19.5 Å². The lowest BCUT2D eigenvalue weighted by molar-refractivity contribution is -0.139.